The Morgan fingerprint density at radius 2 is 1.88 bits per heavy atom. The first kappa shape index (κ1) is 18.7. The fourth-order valence-corrected chi connectivity index (χ4v) is 3.81. The van der Waals surface area contributed by atoms with Crippen LogP contribution in [-0.2, 0) is 24.1 Å². The predicted octanol–water partition coefficient (Wildman–Crippen LogP) is 4.23. The van der Waals surface area contributed by atoms with Gasteiger partial charge in [0.25, 0.3) is 0 Å². The van der Waals surface area contributed by atoms with Gasteiger partial charge in [-0.05, 0) is 66.6 Å². The standard InChI is InChI=1S/C20H21F2NO2S/c21-20(22)25-17-7-4-14(5-8-17)10-11-23-19(24)13-26-18-9-6-15-2-1-3-16(15)12-18/h4-9,12,20H,1-3,10-11,13H2,(H,23,24). The third-order valence-electron chi connectivity index (χ3n) is 4.32. The van der Waals surface area contributed by atoms with E-state index in [0.717, 1.165) is 23.3 Å². The molecule has 138 valence electrons. The molecule has 26 heavy (non-hydrogen) atoms. The number of alkyl halides is 2. The van der Waals surface area contributed by atoms with E-state index in [1.165, 1.54) is 29.7 Å². The van der Waals surface area contributed by atoms with Crippen molar-refractivity contribution in [3.05, 3.63) is 59.2 Å². The number of amides is 1. The molecule has 0 radical (unpaired) electrons. The molecule has 0 saturated carbocycles. The Kier molecular flexibility index (Phi) is 6.50. The van der Waals surface area contributed by atoms with E-state index in [4.69, 9.17) is 0 Å². The van der Waals surface area contributed by atoms with Gasteiger partial charge >= 0.3 is 6.61 Å². The molecule has 1 aliphatic rings. The van der Waals surface area contributed by atoms with Crippen LogP contribution in [-0.4, -0.2) is 24.8 Å². The highest BCUT2D eigenvalue weighted by Gasteiger charge is 2.11. The van der Waals surface area contributed by atoms with Crippen LogP contribution in [0.5, 0.6) is 5.75 Å². The van der Waals surface area contributed by atoms with Gasteiger partial charge in [-0.15, -0.1) is 11.8 Å². The highest BCUT2D eigenvalue weighted by Crippen LogP contribution is 2.27. The van der Waals surface area contributed by atoms with Crippen molar-refractivity contribution in [2.75, 3.05) is 12.3 Å². The summed E-state index contributed by atoms with van der Waals surface area (Å²) < 4.78 is 28.5. The van der Waals surface area contributed by atoms with Crippen molar-refractivity contribution in [2.45, 2.75) is 37.2 Å². The Hall–Kier alpha value is -2.08. The number of carbonyl (C=O) groups excluding carboxylic acids is 1. The molecular weight excluding hydrogens is 356 g/mol. The number of thioether (sulfide) groups is 1. The van der Waals surface area contributed by atoms with Gasteiger partial charge in [0.15, 0.2) is 0 Å². The monoisotopic (exact) mass is 377 g/mol. The van der Waals surface area contributed by atoms with E-state index in [-0.39, 0.29) is 11.7 Å². The van der Waals surface area contributed by atoms with E-state index in [1.54, 1.807) is 23.9 Å². The third-order valence-corrected chi connectivity index (χ3v) is 5.32. The number of rotatable bonds is 8. The quantitative estimate of drug-likeness (QED) is 0.700. The fourth-order valence-electron chi connectivity index (χ4n) is 3.02. The zero-order chi connectivity index (χ0) is 18.4. The van der Waals surface area contributed by atoms with Crippen molar-refractivity contribution in [3.63, 3.8) is 0 Å². The van der Waals surface area contributed by atoms with E-state index in [0.29, 0.717) is 18.7 Å². The van der Waals surface area contributed by atoms with Crippen LogP contribution in [0.15, 0.2) is 47.4 Å². The SMILES string of the molecule is O=C(CSc1ccc2c(c1)CCC2)NCCc1ccc(OC(F)F)cc1. The predicted molar refractivity (Wildman–Crippen MR) is 99.0 cm³/mol. The van der Waals surface area contributed by atoms with Gasteiger partial charge in [0, 0.05) is 11.4 Å². The van der Waals surface area contributed by atoms with Crippen molar-refractivity contribution in [1.29, 1.82) is 0 Å². The van der Waals surface area contributed by atoms with Crippen LogP contribution in [0.3, 0.4) is 0 Å². The Labute approximate surface area is 156 Å². The van der Waals surface area contributed by atoms with E-state index >= 15 is 0 Å². The summed E-state index contributed by atoms with van der Waals surface area (Å²) in [6.07, 6.45) is 4.16. The maximum absolute atomic E-state index is 12.1. The summed E-state index contributed by atoms with van der Waals surface area (Å²) in [5.74, 6) is 0.520. The molecule has 1 N–H and O–H groups in total. The summed E-state index contributed by atoms with van der Waals surface area (Å²) in [6.45, 7) is -2.30. The van der Waals surface area contributed by atoms with E-state index in [1.807, 2.05) is 0 Å². The number of carbonyl (C=O) groups is 1. The van der Waals surface area contributed by atoms with Crippen LogP contribution in [0, 0.1) is 0 Å². The molecule has 0 aliphatic heterocycles. The minimum atomic E-state index is -2.82. The Balaban J connectivity index is 1.37. The van der Waals surface area contributed by atoms with Crippen LogP contribution in [0.2, 0.25) is 0 Å². The maximum atomic E-state index is 12.1. The second kappa shape index (κ2) is 9.03. The van der Waals surface area contributed by atoms with E-state index in [2.05, 4.69) is 28.3 Å². The summed E-state index contributed by atoms with van der Waals surface area (Å²) in [4.78, 5) is 13.1. The average molecular weight is 377 g/mol. The first-order chi connectivity index (χ1) is 12.6. The molecule has 0 saturated heterocycles. The second-order valence-electron chi connectivity index (χ2n) is 6.20. The van der Waals surface area contributed by atoms with Gasteiger partial charge in [-0.25, -0.2) is 0 Å². The van der Waals surface area contributed by atoms with Gasteiger partial charge in [-0.2, -0.15) is 8.78 Å². The molecule has 1 amide bonds. The first-order valence-corrected chi connectivity index (χ1v) is 9.64. The molecule has 3 rings (SSSR count). The summed E-state index contributed by atoms with van der Waals surface area (Å²) >= 11 is 1.55. The molecule has 2 aromatic carbocycles. The van der Waals surface area contributed by atoms with Gasteiger partial charge in [-0.3, -0.25) is 4.79 Å². The highest BCUT2D eigenvalue weighted by molar-refractivity contribution is 8.00. The zero-order valence-electron chi connectivity index (χ0n) is 14.3. The van der Waals surface area contributed by atoms with Crippen molar-refractivity contribution in [2.24, 2.45) is 0 Å². The zero-order valence-corrected chi connectivity index (χ0v) is 15.2. The normalized spacial score (nSPS) is 12.9. The van der Waals surface area contributed by atoms with Crippen LogP contribution in [0.25, 0.3) is 0 Å². The van der Waals surface area contributed by atoms with Gasteiger partial charge in [-0.1, -0.05) is 18.2 Å². The van der Waals surface area contributed by atoms with Gasteiger partial charge < -0.3 is 10.1 Å². The van der Waals surface area contributed by atoms with Crippen LogP contribution >= 0.6 is 11.8 Å². The lowest BCUT2D eigenvalue weighted by Crippen LogP contribution is -2.27. The first-order valence-electron chi connectivity index (χ1n) is 8.65. The number of fused-ring (bicyclic) bond motifs is 1. The number of hydrogen-bond donors (Lipinski definition) is 1. The Bertz CT molecular complexity index is 750. The summed E-state index contributed by atoms with van der Waals surface area (Å²) in [5, 5.41) is 2.89. The highest BCUT2D eigenvalue weighted by atomic mass is 32.2. The molecule has 1 aliphatic carbocycles. The lowest BCUT2D eigenvalue weighted by atomic mass is 10.1. The summed E-state index contributed by atoms with van der Waals surface area (Å²) in [5.41, 5.74) is 3.80. The minimum Gasteiger partial charge on any atom is -0.435 e. The van der Waals surface area contributed by atoms with Crippen molar-refractivity contribution < 1.29 is 18.3 Å². The largest absolute Gasteiger partial charge is 0.435 e. The van der Waals surface area contributed by atoms with Crippen molar-refractivity contribution in [1.82, 2.24) is 5.32 Å². The van der Waals surface area contributed by atoms with Crippen LogP contribution < -0.4 is 10.1 Å². The topological polar surface area (TPSA) is 38.3 Å². The molecule has 0 atom stereocenters. The van der Waals surface area contributed by atoms with E-state index in [9.17, 15) is 13.6 Å². The molecule has 0 spiro atoms. The summed E-state index contributed by atoms with van der Waals surface area (Å²) in [6, 6.07) is 12.9. The van der Waals surface area contributed by atoms with Crippen molar-refractivity contribution in [3.8, 4) is 5.75 Å². The lowest BCUT2D eigenvalue weighted by Gasteiger charge is -2.08. The third kappa shape index (κ3) is 5.46. The number of halogens is 2. The molecular formula is C20H21F2NO2S. The molecule has 3 nitrogen and oxygen atoms in total. The molecule has 6 heteroatoms. The number of hydrogen-bond acceptors (Lipinski definition) is 3. The number of aryl methyl sites for hydroxylation is 2. The smallest absolute Gasteiger partial charge is 0.387 e. The number of nitrogens with one attached hydrogen (secondary N) is 1. The molecule has 0 fully saturated rings. The molecule has 2 aromatic rings. The van der Waals surface area contributed by atoms with E-state index < -0.39 is 6.61 Å². The van der Waals surface area contributed by atoms with Crippen LogP contribution in [0.1, 0.15) is 23.1 Å². The van der Waals surface area contributed by atoms with Gasteiger partial charge in [0.2, 0.25) is 5.91 Å². The molecule has 0 bridgehead atoms. The van der Waals surface area contributed by atoms with Gasteiger partial charge in [0.1, 0.15) is 5.75 Å². The molecule has 0 unspecified atom stereocenters. The maximum Gasteiger partial charge on any atom is 0.387 e. The number of benzene rings is 2. The number of ether oxygens (including phenoxy) is 1. The van der Waals surface area contributed by atoms with Crippen LogP contribution in [0.4, 0.5) is 8.78 Å². The van der Waals surface area contributed by atoms with Crippen molar-refractivity contribution >= 4 is 17.7 Å². The van der Waals surface area contributed by atoms with Gasteiger partial charge in [0.05, 0.1) is 5.75 Å². The fraction of sp³-hybridized carbons (Fsp3) is 0.350. The average Bonchev–Trinajstić information content (AvgIpc) is 3.09. The Morgan fingerprint density at radius 1 is 1.12 bits per heavy atom. The lowest BCUT2D eigenvalue weighted by molar-refractivity contribution is -0.118. The second-order valence-corrected chi connectivity index (χ2v) is 7.24. The minimum absolute atomic E-state index is 0.00634. The summed E-state index contributed by atoms with van der Waals surface area (Å²) in [7, 11) is 0. The Morgan fingerprint density at radius 3 is 2.65 bits per heavy atom. The molecule has 0 aromatic heterocycles. The molecule has 0 heterocycles.